The summed E-state index contributed by atoms with van der Waals surface area (Å²) in [5.74, 6) is 1.45. The van der Waals surface area contributed by atoms with Gasteiger partial charge in [0.15, 0.2) is 12.2 Å². The molecule has 1 N–H and O–H groups in total. The lowest BCUT2D eigenvalue weighted by Crippen LogP contribution is -2.20. The molecular weight excluding hydrogens is 424 g/mol. The fraction of sp³-hybridized carbons (Fsp3) is 0.172. The Balaban J connectivity index is 1.29. The van der Waals surface area contributed by atoms with Gasteiger partial charge in [-0.1, -0.05) is 62.4 Å². The topological polar surface area (TPSA) is 64.4 Å². The standard InChI is InChI=1S/C29H26N2O3/c1-3-19(2)21-14-15-27-25(17-21)31-29(34-27)22-10-6-11-23(16-22)30-28(32)18-33-26-13-7-9-20-8-4-5-12-24(20)26/h4-17,19H,3,18H2,1-2H3,(H,30,32). The van der Waals surface area contributed by atoms with Crippen molar-refractivity contribution >= 4 is 33.5 Å². The molecule has 1 unspecified atom stereocenters. The monoisotopic (exact) mass is 450 g/mol. The fourth-order valence-corrected chi connectivity index (χ4v) is 4.00. The highest BCUT2D eigenvalue weighted by atomic mass is 16.5. The van der Waals surface area contributed by atoms with Crippen LogP contribution >= 0.6 is 0 Å². The van der Waals surface area contributed by atoms with Gasteiger partial charge in [0.25, 0.3) is 5.91 Å². The molecule has 0 bridgehead atoms. The van der Waals surface area contributed by atoms with E-state index in [9.17, 15) is 4.79 Å². The highest BCUT2D eigenvalue weighted by Crippen LogP contribution is 2.29. The summed E-state index contributed by atoms with van der Waals surface area (Å²) in [5, 5.41) is 4.95. The molecule has 34 heavy (non-hydrogen) atoms. The number of hydrogen-bond donors (Lipinski definition) is 1. The quantitative estimate of drug-likeness (QED) is 0.285. The van der Waals surface area contributed by atoms with Gasteiger partial charge >= 0.3 is 0 Å². The average molecular weight is 451 g/mol. The summed E-state index contributed by atoms with van der Waals surface area (Å²) in [6.45, 7) is 4.30. The molecule has 1 heterocycles. The summed E-state index contributed by atoms with van der Waals surface area (Å²) < 4.78 is 11.8. The van der Waals surface area contributed by atoms with Crippen LogP contribution in [0.1, 0.15) is 31.7 Å². The molecule has 5 heteroatoms. The number of anilines is 1. The molecule has 0 radical (unpaired) electrons. The van der Waals surface area contributed by atoms with Gasteiger partial charge in [0.05, 0.1) is 0 Å². The lowest BCUT2D eigenvalue weighted by atomic mass is 9.98. The van der Waals surface area contributed by atoms with Crippen molar-refractivity contribution in [3.63, 3.8) is 0 Å². The zero-order chi connectivity index (χ0) is 23.5. The third kappa shape index (κ3) is 4.50. The van der Waals surface area contributed by atoms with Crippen LogP contribution in [0.15, 0.2) is 89.3 Å². The van der Waals surface area contributed by atoms with Crippen LogP contribution in [0.3, 0.4) is 0 Å². The van der Waals surface area contributed by atoms with E-state index in [1.54, 1.807) is 0 Å². The minimum atomic E-state index is -0.235. The number of ether oxygens (including phenoxy) is 1. The summed E-state index contributed by atoms with van der Waals surface area (Å²) in [4.78, 5) is 17.2. The first kappa shape index (κ1) is 21.7. The van der Waals surface area contributed by atoms with E-state index >= 15 is 0 Å². The Labute approximate surface area is 198 Å². The molecule has 4 aromatic carbocycles. The molecule has 5 rings (SSSR count). The van der Waals surface area contributed by atoms with Crippen LogP contribution in [0.4, 0.5) is 5.69 Å². The van der Waals surface area contributed by atoms with Crippen LogP contribution in [0.5, 0.6) is 5.75 Å². The Morgan fingerprint density at radius 2 is 1.82 bits per heavy atom. The Kier molecular flexibility index (Phi) is 6.00. The summed E-state index contributed by atoms with van der Waals surface area (Å²) in [6, 6.07) is 27.4. The molecule has 0 aliphatic carbocycles. The van der Waals surface area contributed by atoms with Crippen molar-refractivity contribution in [1.82, 2.24) is 4.98 Å². The number of oxazole rings is 1. The van der Waals surface area contributed by atoms with Crippen LogP contribution in [-0.4, -0.2) is 17.5 Å². The summed E-state index contributed by atoms with van der Waals surface area (Å²) >= 11 is 0. The lowest BCUT2D eigenvalue weighted by molar-refractivity contribution is -0.118. The van der Waals surface area contributed by atoms with Crippen LogP contribution in [0, 0.1) is 0 Å². The molecule has 5 nitrogen and oxygen atoms in total. The van der Waals surface area contributed by atoms with Gasteiger partial charge in [0.2, 0.25) is 5.89 Å². The molecule has 1 amide bonds. The Morgan fingerprint density at radius 1 is 1.00 bits per heavy atom. The average Bonchev–Trinajstić information content (AvgIpc) is 3.31. The zero-order valence-electron chi connectivity index (χ0n) is 19.2. The number of rotatable bonds is 7. The number of carbonyl (C=O) groups excluding carboxylic acids is 1. The second kappa shape index (κ2) is 9.40. The minimum absolute atomic E-state index is 0.0838. The first-order valence-electron chi connectivity index (χ1n) is 11.5. The minimum Gasteiger partial charge on any atom is -0.483 e. The molecule has 1 atom stereocenters. The maximum absolute atomic E-state index is 12.6. The highest BCUT2D eigenvalue weighted by Gasteiger charge is 2.12. The molecule has 0 saturated carbocycles. The van der Waals surface area contributed by atoms with E-state index in [1.165, 1.54) is 5.56 Å². The zero-order valence-corrected chi connectivity index (χ0v) is 19.2. The summed E-state index contributed by atoms with van der Waals surface area (Å²) in [7, 11) is 0. The molecule has 5 aromatic rings. The Hall–Kier alpha value is -4.12. The van der Waals surface area contributed by atoms with E-state index in [-0.39, 0.29) is 12.5 Å². The van der Waals surface area contributed by atoms with Gasteiger partial charge in [0.1, 0.15) is 11.3 Å². The van der Waals surface area contributed by atoms with Gasteiger partial charge in [-0.3, -0.25) is 4.79 Å². The van der Waals surface area contributed by atoms with E-state index in [0.717, 1.165) is 33.9 Å². The molecule has 0 aliphatic heterocycles. The number of carbonyl (C=O) groups is 1. The molecular formula is C29H26N2O3. The van der Waals surface area contributed by atoms with Gasteiger partial charge in [-0.25, -0.2) is 4.98 Å². The number of nitrogens with zero attached hydrogens (tertiary/aromatic N) is 1. The summed E-state index contributed by atoms with van der Waals surface area (Å²) in [5.41, 5.74) is 4.30. The van der Waals surface area contributed by atoms with Crippen molar-refractivity contribution in [2.45, 2.75) is 26.2 Å². The van der Waals surface area contributed by atoms with Gasteiger partial charge in [-0.2, -0.15) is 0 Å². The molecule has 0 aliphatic rings. The number of amides is 1. The second-order valence-corrected chi connectivity index (χ2v) is 8.45. The first-order valence-corrected chi connectivity index (χ1v) is 11.5. The number of fused-ring (bicyclic) bond motifs is 2. The van der Waals surface area contributed by atoms with Gasteiger partial charge in [-0.05, 0) is 59.7 Å². The van der Waals surface area contributed by atoms with Crippen molar-refractivity contribution in [2.24, 2.45) is 0 Å². The maximum Gasteiger partial charge on any atom is 0.262 e. The van der Waals surface area contributed by atoms with E-state index < -0.39 is 0 Å². The highest BCUT2D eigenvalue weighted by molar-refractivity contribution is 5.93. The first-order chi connectivity index (χ1) is 16.6. The van der Waals surface area contributed by atoms with Crippen molar-refractivity contribution in [1.29, 1.82) is 0 Å². The van der Waals surface area contributed by atoms with Gasteiger partial charge in [-0.15, -0.1) is 0 Å². The van der Waals surface area contributed by atoms with Crippen molar-refractivity contribution in [2.75, 3.05) is 11.9 Å². The normalized spacial score (nSPS) is 12.1. The predicted molar refractivity (Wildman–Crippen MR) is 136 cm³/mol. The Morgan fingerprint density at radius 3 is 2.71 bits per heavy atom. The number of nitrogens with one attached hydrogen (secondary N) is 1. The molecule has 1 aromatic heterocycles. The van der Waals surface area contributed by atoms with Crippen LogP contribution in [0.25, 0.3) is 33.3 Å². The van der Waals surface area contributed by atoms with Crippen LogP contribution < -0.4 is 10.1 Å². The van der Waals surface area contributed by atoms with Crippen molar-refractivity contribution in [3.05, 3.63) is 90.5 Å². The van der Waals surface area contributed by atoms with Gasteiger partial charge in [0, 0.05) is 16.6 Å². The SMILES string of the molecule is CCC(C)c1ccc2oc(-c3cccc(NC(=O)COc4cccc5ccccc45)c3)nc2c1. The molecule has 170 valence electrons. The van der Waals surface area contributed by atoms with Crippen molar-refractivity contribution in [3.8, 4) is 17.2 Å². The van der Waals surface area contributed by atoms with Crippen LogP contribution in [0.2, 0.25) is 0 Å². The van der Waals surface area contributed by atoms with E-state index in [0.29, 0.717) is 23.2 Å². The third-order valence-electron chi connectivity index (χ3n) is 6.09. The largest absolute Gasteiger partial charge is 0.483 e. The predicted octanol–water partition coefficient (Wildman–Crippen LogP) is 7.18. The fourth-order valence-electron chi connectivity index (χ4n) is 4.00. The number of benzene rings is 4. The lowest BCUT2D eigenvalue weighted by Gasteiger charge is -2.10. The maximum atomic E-state index is 12.6. The van der Waals surface area contributed by atoms with Gasteiger partial charge < -0.3 is 14.5 Å². The molecule has 0 saturated heterocycles. The summed E-state index contributed by atoms with van der Waals surface area (Å²) in [6.07, 6.45) is 1.07. The van der Waals surface area contributed by atoms with E-state index in [2.05, 4.69) is 36.3 Å². The van der Waals surface area contributed by atoms with Crippen LogP contribution in [-0.2, 0) is 4.79 Å². The smallest absolute Gasteiger partial charge is 0.262 e. The second-order valence-electron chi connectivity index (χ2n) is 8.45. The molecule has 0 fully saturated rings. The number of hydrogen-bond acceptors (Lipinski definition) is 4. The number of aromatic nitrogens is 1. The van der Waals surface area contributed by atoms with E-state index in [4.69, 9.17) is 9.15 Å². The van der Waals surface area contributed by atoms with E-state index in [1.807, 2.05) is 72.8 Å². The van der Waals surface area contributed by atoms with Crippen molar-refractivity contribution < 1.29 is 13.9 Å². The Bertz CT molecular complexity index is 1470. The third-order valence-corrected chi connectivity index (χ3v) is 6.09. The molecule has 0 spiro atoms.